The van der Waals surface area contributed by atoms with E-state index in [-0.39, 0.29) is 0 Å². The Morgan fingerprint density at radius 3 is 2.53 bits per heavy atom. The normalized spacial score (nSPS) is 14.0. The molecule has 0 radical (unpaired) electrons. The number of hydrogen-bond acceptors (Lipinski definition) is 5. The van der Waals surface area contributed by atoms with Crippen LogP contribution in [0.2, 0.25) is 0 Å². The molecule has 1 aromatic carbocycles. The summed E-state index contributed by atoms with van der Waals surface area (Å²) in [5.41, 5.74) is 3.76. The van der Waals surface area contributed by atoms with Crippen LogP contribution in [0.3, 0.4) is 0 Å². The number of benzene rings is 1. The summed E-state index contributed by atoms with van der Waals surface area (Å²) in [6, 6.07) is 12.7. The molecule has 7 heteroatoms. The van der Waals surface area contributed by atoms with E-state index in [0.29, 0.717) is 6.67 Å². The minimum absolute atomic E-state index is 0.655. The Kier molecular flexibility index (Phi) is 6.59. The van der Waals surface area contributed by atoms with Gasteiger partial charge in [-0.1, -0.05) is 25.1 Å². The van der Waals surface area contributed by atoms with E-state index in [4.69, 9.17) is 17.3 Å². The lowest BCUT2D eigenvalue weighted by molar-refractivity contribution is 0.244. The van der Waals surface area contributed by atoms with Crippen LogP contribution in [0.4, 0.5) is 5.69 Å². The first-order valence-electron chi connectivity index (χ1n) is 10.8. The first-order valence-corrected chi connectivity index (χ1v) is 11.2. The highest BCUT2D eigenvalue weighted by atomic mass is 32.1. The fourth-order valence-corrected chi connectivity index (χ4v) is 4.43. The Morgan fingerprint density at radius 1 is 1.07 bits per heavy atom. The molecule has 3 heterocycles. The molecule has 0 atom stereocenters. The second kappa shape index (κ2) is 9.53. The fraction of sp³-hybridized carbons (Fsp3) is 0.435. The Bertz CT molecular complexity index is 1020. The Morgan fingerprint density at radius 2 is 1.80 bits per heavy atom. The van der Waals surface area contributed by atoms with E-state index in [1.54, 1.807) is 12.4 Å². The summed E-state index contributed by atoms with van der Waals surface area (Å²) in [7, 11) is 2.13. The minimum Gasteiger partial charge on any atom is -0.371 e. The van der Waals surface area contributed by atoms with Gasteiger partial charge in [0.05, 0.1) is 6.67 Å². The monoisotopic (exact) mass is 422 g/mol. The summed E-state index contributed by atoms with van der Waals surface area (Å²) >= 11 is 5.79. The van der Waals surface area contributed by atoms with E-state index in [1.807, 2.05) is 16.8 Å². The number of pyridine rings is 1. The smallest absolute Gasteiger partial charge is 0.199 e. The van der Waals surface area contributed by atoms with Crippen molar-refractivity contribution in [2.45, 2.75) is 45.9 Å². The van der Waals surface area contributed by atoms with Crippen molar-refractivity contribution in [3.05, 3.63) is 59.1 Å². The maximum atomic E-state index is 5.79. The summed E-state index contributed by atoms with van der Waals surface area (Å²) < 4.78 is 4.85. The van der Waals surface area contributed by atoms with Gasteiger partial charge < -0.3 is 4.90 Å². The zero-order valence-electron chi connectivity index (χ0n) is 17.9. The zero-order valence-corrected chi connectivity index (χ0v) is 18.7. The van der Waals surface area contributed by atoms with E-state index < -0.39 is 0 Å². The fourth-order valence-electron chi connectivity index (χ4n) is 4.15. The first-order chi connectivity index (χ1) is 14.7. The second-order valence-corrected chi connectivity index (χ2v) is 8.34. The van der Waals surface area contributed by atoms with Crippen LogP contribution in [0, 0.1) is 4.77 Å². The first kappa shape index (κ1) is 20.8. The summed E-state index contributed by atoms with van der Waals surface area (Å²) in [5.74, 6) is 0.912. The third-order valence-electron chi connectivity index (χ3n) is 5.56. The lowest BCUT2D eigenvalue weighted by Crippen LogP contribution is -2.25. The van der Waals surface area contributed by atoms with Gasteiger partial charge in [0, 0.05) is 49.8 Å². The molecule has 1 fully saturated rings. The van der Waals surface area contributed by atoms with Gasteiger partial charge in [0.15, 0.2) is 10.6 Å². The van der Waals surface area contributed by atoms with Crippen molar-refractivity contribution in [2.75, 3.05) is 25.0 Å². The molecule has 1 aliphatic heterocycles. The van der Waals surface area contributed by atoms with E-state index in [1.165, 1.54) is 24.1 Å². The quantitative estimate of drug-likeness (QED) is 0.497. The molecule has 0 unspecified atom stereocenters. The number of hydrogen-bond donors (Lipinski definition) is 0. The van der Waals surface area contributed by atoms with Crippen LogP contribution in [-0.2, 0) is 19.8 Å². The van der Waals surface area contributed by atoms with E-state index >= 15 is 0 Å². The Hall–Kier alpha value is -2.51. The predicted molar refractivity (Wildman–Crippen MR) is 124 cm³/mol. The molecule has 0 spiro atoms. The van der Waals surface area contributed by atoms with Crippen molar-refractivity contribution >= 4 is 17.9 Å². The van der Waals surface area contributed by atoms with Crippen LogP contribution in [-0.4, -0.2) is 44.4 Å². The van der Waals surface area contributed by atoms with Crippen LogP contribution in [0.5, 0.6) is 0 Å². The lowest BCUT2D eigenvalue weighted by atomic mass is 10.1. The lowest BCUT2D eigenvalue weighted by Gasteiger charge is -2.24. The SMILES string of the molecule is CCCn1c(-c2ccncc2)nn(CN(C)Cc2ccccc2N2CCCC2)c1=S. The Labute approximate surface area is 183 Å². The van der Waals surface area contributed by atoms with Gasteiger partial charge in [-0.05, 0) is 62.3 Å². The second-order valence-electron chi connectivity index (χ2n) is 7.97. The molecule has 158 valence electrons. The van der Waals surface area contributed by atoms with Crippen molar-refractivity contribution in [2.24, 2.45) is 0 Å². The number of aromatic nitrogens is 4. The highest BCUT2D eigenvalue weighted by molar-refractivity contribution is 7.71. The molecule has 2 aromatic heterocycles. The largest absolute Gasteiger partial charge is 0.371 e. The molecule has 1 aliphatic rings. The van der Waals surface area contributed by atoms with Crippen LogP contribution in [0.1, 0.15) is 31.7 Å². The molecule has 3 aromatic rings. The molecular weight excluding hydrogens is 392 g/mol. The molecule has 0 amide bonds. The van der Waals surface area contributed by atoms with Gasteiger partial charge in [-0.25, -0.2) is 4.68 Å². The van der Waals surface area contributed by atoms with Gasteiger partial charge in [-0.2, -0.15) is 5.10 Å². The highest BCUT2D eigenvalue weighted by Gasteiger charge is 2.17. The molecule has 0 saturated carbocycles. The van der Waals surface area contributed by atoms with Crippen LogP contribution in [0.15, 0.2) is 48.8 Å². The third-order valence-corrected chi connectivity index (χ3v) is 5.99. The molecule has 0 aliphatic carbocycles. The highest BCUT2D eigenvalue weighted by Crippen LogP contribution is 2.25. The van der Waals surface area contributed by atoms with Crippen molar-refractivity contribution in [3.8, 4) is 11.4 Å². The van der Waals surface area contributed by atoms with Gasteiger partial charge in [0.1, 0.15) is 0 Å². The number of rotatable bonds is 8. The van der Waals surface area contributed by atoms with Gasteiger partial charge in [0.25, 0.3) is 0 Å². The molecule has 0 bridgehead atoms. The summed E-state index contributed by atoms with van der Waals surface area (Å²) in [6.45, 7) is 6.85. The minimum atomic E-state index is 0.655. The van der Waals surface area contributed by atoms with Crippen molar-refractivity contribution < 1.29 is 0 Å². The molecule has 0 N–H and O–H groups in total. The maximum Gasteiger partial charge on any atom is 0.199 e. The van der Waals surface area contributed by atoms with Crippen molar-refractivity contribution in [3.63, 3.8) is 0 Å². The average Bonchev–Trinajstić information content (AvgIpc) is 3.40. The predicted octanol–water partition coefficient (Wildman–Crippen LogP) is 4.58. The van der Waals surface area contributed by atoms with E-state index in [9.17, 15) is 0 Å². The summed E-state index contributed by atoms with van der Waals surface area (Å²) in [6.07, 6.45) is 7.18. The van der Waals surface area contributed by atoms with Gasteiger partial charge in [0.2, 0.25) is 0 Å². The topological polar surface area (TPSA) is 42.1 Å². The molecule has 30 heavy (non-hydrogen) atoms. The van der Waals surface area contributed by atoms with Gasteiger partial charge >= 0.3 is 0 Å². The summed E-state index contributed by atoms with van der Waals surface area (Å²) in [5, 5.41) is 4.88. The maximum absolute atomic E-state index is 5.79. The third kappa shape index (κ3) is 4.47. The Balaban J connectivity index is 1.56. The number of nitrogens with zero attached hydrogens (tertiary/aromatic N) is 6. The van der Waals surface area contributed by atoms with Crippen molar-refractivity contribution in [1.29, 1.82) is 0 Å². The van der Waals surface area contributed by atoms with E-state index in [2.05, 4.69) is 57.6 Å². The average molecular weight is 423 g/mol. The van der Waals surface area contributed by atoms with E-state index in [0.717, 1.165) is 48.8 Å². The summed E-state index contributed by atoms with van der Waals surface area (Å²) in [4.78, 5) is 8.92. The number of para-hydroxylation sites is 1. The molecular formula is C23H30N6S. The zero-order chi connectivity index (χ0) is 20.9. The van der Waals surface area contributed by atoms with Crippen LogP contribution >= 0.6 is 12.2 Å². The van der Waals surface area contributed by atoms with Crippen molar-refractivity contribution in [1.82, 2.24) is 24.2 Å². The molecule has 4 rings (SSSR count). The van der Waals surface area contributed by atoms with Crippen LogP contribution in [0.25, 0.3) is 11.4 Å². The molecule has 1 saturated heterocycles. The van der Waals surface area contributed by atoms with Crippen LogP contribution < -0.4 is 4.90 Å². The molecule has 6 nitrogen and oxygen atoms in total. The van der Waals surface area contributed by atoms with Gasteiger partial charge in [-0.15, -0.1) is 0 Å². The number of anilines is 1. The standard InChI is InChI=1S/C23H30N6S/c1-3-14-28-22(19-10-12-24-13-11-19)25-29(23(28)30)18-26(2)17-20-8-4-5-9-21(20)27-15-6-7-16-27/h4-5,8-13H,3,6-7,14-18H2,1-2H3. The van der Waals surface area contributed by atoms with Gasteiger partial charge in [-0.3, -0.25) is 14.5 Å².